The molecule has 3 heterocycles. The number of nitriles is 1. The van der Waals surface area contributed by atoms with E-state index in [1.807, 2.05) is 18.2 Å². The van der Waals surface area contributed by atoms with Gasteiger partial charge in [-0.25, -0.2) is 0 Å². The summed E-state index contributed by atoms with van der Waals surface area (Å²) in [5.74, 6) is 0. The third kappa shape index (κ3) is 3.21. The van der Waals surface area contributed by atoms with Crippen LogP contribution in [-0.4, -0.2) is 4.57 Å². The molecule has 44 heavy (non-hydrogen) atoms. The second-order valence-corrected chi connectivity index (χ2v) is 12.1. The van der Waals surface area contributed by atoms with Gasteiger partial charge in [0.2, 0.25) is 0 Å². The molecule has 0 bridgehead atoms. The molecule has 1 aliphatic rings. The Morgan fingerprint density at radius 3 is 1.80 bits per heavy atom. The molecule has 4 heteroatoms. The highest BCUT2D eigenvalue weighted by molar-refractivity contribution is 6.15. The van der Waals surface area contributed by atoms with Gasteiger partial charge >= 0.3 is 0 Å². The lowest BCUT2D eigenvalue weighted by atomic mass is 9.73. The first kappa shape index (κ1) is 24.8. The zero-order valence-electron chi connectivity index (χ0n) is 24.4. The fourth-order valence-electron chi connectivity index (χ4n) is 7.37. The minimum atomic E-state index is -0.138. The summed E-state index contributed by atoms with van der Waals surface area (Å²) in [4.78, 5) is 2.37. The third-order valence-electron chi connectivity index (χ3n) is 9.40. The number of nitrogens with zero attached hydrogens (tertiary/aromatic N) is 3. The molecule has 0 saturated heterocycles. The highest BCUT2D eigenvalue weighted by atomic mass is 16.3. The van der Waals surface area contributed by atoms with E-state index in [-0.39, 0.29) is 5.41 Å². The lowest BCUT2D eigenvalue weighted by Crippen LogP contribution is -2.30. The van der Waals surface area contributed by atoms with Gasteiger partial charge in [0.1, 0.15) is 0 Å². The average molecular weight is 566 g/mol. The Balaban J connectivity index is 1.35. The highest BCUT2D eigenvalue weighted by Crippen LogP contribution is 2.53. The minimum Gasteiger partial charge on any atom is -0.452 e. The monoisotopic (exact) mass is 565 g/mol. The highest BCUT2D eigenvalue weighted by Gasteiger charge is 2.37. The van der Waals surface area contributed by atoms with Gasteiger partial charge in [-0.2, -0.15) is 5.26 Å². The van der Waals surface area contributed by atoms with Crippen molar-refractivity contribution in [3.63, 3.8) is 0 Å². The van der Waals surface area contributed by atoms with E-state index in [1.54, 1.807) is 0 Å². The number of anilines is 3. The van der Waals surface area contributed by atoms with Crippen LogP contribution in [0.2, 0.25) is 0 Å². The minimum absolute atomic E-state index is 0.138. The summed E-state index contributed by atoms with van der Waals surface area (Å²) in [5.41, 5.74) is 11.2. The lowest BCUT2D eigenvalue weighted by Gasteiger charge is -2.41. The van der Waals surface area contributed by atoms with Crippen molar-refractivity contribution in [1.82, 2.24) is 4.57 Å². The number of hydrogen-bond acceptors (Lipinski definition) is 3. The van der Waals surface area contributed by atoms with E-state index in [4.69, 9.17) is 4.42 Å². The quantitative estimate of drug-likeness (QED) is 0.209. The van der Waals surface area contributed by atoms with Gasteiger partial charge in [0.15, 0.2) is 11.2 Å². The largest absolute Gasteiger partial charge is 0.452 e. The number of furan rings is 1. The fraction of sp³-hybridized carbons (Fsp3) is 0.0750. The van der Waals surface area contributed by atoms with Crippen LogP contribution in [0.4, 0.5) is 17.1 Å². The van der Waals surface area contributed by atoms with E-state index in [9.17, 15) is 5.26 Å². The molecule has 9 rings (SSSR count). The molecule has 0 saturated carbocycles. The molecule has 0 unspecified atom stereocenters. The maximum atomic E-state index is 9.62. The van der Waals surface area contributed by atoms with Crippen molar-refractivity contribution in [2.45, 2.75) is 19.3 Å². The van der Waals surface area contributed by atoms with Gasteiger partial charge in [-0.3, -0.25) is 0 Å². The summed E-state index contributed by atoms with van der Waals surface area (Å²) in [6.45, 7) is 4.61. The summed E-state index contributed by atoms with van der Waals surface area (Å²) in [6.07, 6.45) is 0. The van der Waals surface area contributed by atoms with Crippen molar-refractivity contribution in [2.75, 3.05) is 4.90 Å². The molecule has 1 aliphatic heterocycles. The third-order valence-corrected chi connectivity index (χ3v) is 9.40. The topological polar surface area (TPSA) is 45.1 Å². The Labute approximate surface area is 254 Å². The SMILES string of the molecule is CC1(C)c2ccccc2N(c2cccc3c2oc2c(-n4c5ccccc5c5cc(C#N)ccc54)cccc23)c2ccccc21. The van der Waals surface area contributed by atoms with Crippen molar-refractivity contribution in [3.05, 3.63) is 144 Å². The van der Waals surface area contributed by atoms with Crippen molar-refractivity contribution < 1.29 is 4.42 Å². The molecular formula is C40H27N3O. The standard InChI is InChI=1S/C40H27N3O/c1-40(2)30-14-4-7-17-34(30)43(35-18-8-5-15-31(35)40)37-20-10-13-28-27-12-9-19-36(38(27)44-39(28)37)42-32-16-6-3-11-26(32)29-23-25(24-41)21-22-33(29)42/h3-23H,1-2H3. The zero-order chi connectivity index (χ0) is 29.6. The van der Waals surface area contributed by atoms with Crippen molar-refractivity contribution in [2.24, 2.45) is 0 Å². The molecule has 0 N–H and O–H groups in total. The predicted octanol–water partition coefficient (Wildman–Crippen LogP) is 10.7. The molecule has 208 valence electrons. The molecule has 0 radical (unpaired) electrons. The molecule has 0 atom stereocenters. The predicted molar refractivity (Wildman–Crippen MR) is 180 cm³/mol. The van der Waals surface area contributed by atoms with Gasteiger partial charge in [0.05, 0.1) is 45.4 Å². The van der Waals surface area contributed by atoms with Gasteiger partial charge < -0.3 is 13.9 Å². The van der Waals surface area contributed by atoms with Crippen molar-refractivity contribution in [1.29, 1.82) is 5.26 Å². The second-order valence-electron chi connectivity index (χ2n) is 12.1. The maximum absolute atomic E-state index is 9.62. The number of rotatable bonds is 2. The summed E-state index contributed by atoms with van der Waals surface area (Å²) >= 11 is 0. The molecule has 2 aromatic heterocycles. The van der Waals surface area contributed by atoms with Crippen LogP contribution in [0.5, 0.6) is 0 Å². The first-order valence-electron chi connectivity index (χ1n) is 14.9. The number of hydrogen-bond donors (Lipinski definition) is 0. The van der Waals surface area contributed by atoms with Crippen LogP contribution in [0.15, 0.2) is 132 Å². The van der Waals surface area contributed by atoms with Crippen LogP contribution < -0.4 is 4.90 Å². The van der Waals surface area contributed by atoms with Gasteiger partial charge in [-0.15, -0.1) is 0 Å². The lowest BCUT2D eigenvalue weighted by molar-refractivity contribution is 0.630. The van der Waals surface area contributed by atoms with E-state index in [2.05, 4.69) is 139 Å². The second kappa shape index (κ2) is 8.86. The van der Waals surface area contributed by atoms with E-state index < -0.39 is 0 Å². The number of aromatic nitrogens is 1. The molecule has 4 nitrogen and oxygen atoms in total. The Morgan fingerprint density at radius 2 is 1.09 bits per heavy atom. The summed E-state index contributed by atoms with van der Waals surface area (Å²) in [6, 6.07) is 46.9. The molecule has 6 aromatic carbocycles. The van der Waals surface area contributed by atoms with Crippen LogP contribution >= 0.6 is 0 Å². The van der Waals surface area contributed by atoms with Crippen LogP contribution in [0.25, 0.3) is 49.4 Å². The molecule has 8 aromatic rings. The molecular weight excluding hydrogens is 538 g/mol. The van der Waals surface area contributed by atoms with Crippen molar-refractivity contribution >= 4 is 60.8 Å². The number of benzene rings is 6. The van der Waals surface area contributed by atoms with Gasteiger partial charge in [-0.1, -0.05) is 92.7 Å². The van der Waals surface area contributed by atoms with Crippen LogP contribution in [0.3, 0.4) is 0 Å². The first-order valence-corrected chi connectivity index (χ1v) is 14.9. The van der Waals surface area contributed by atoms with Gasteiger partial charge in [-0.05, 0) is 59.7 Å². The Morgan fingerprint density at radius 1 is 0.545 bits per heavy atom. The van der Waals surface area contributed by atoms with Crippen LogP contribution in [-0.2, 0) is 5.41 Å². The molecule has 0 spiro atoms. The van der Waals surface area contributed by atoms with E-state index in [1.165, 1.54) is 22.5 Å². The molecule has 0 aliphatic carbocycles. The number of fused-ring (bicyclic) bond motifs is 8. The summed E-state index contributed by atoms with van der Waals surface area (Å²) in [5, 5.41) is 13.9. The summed E-state index contributed by atoms with van der Waals surface area (Å²) in [7, 11) is 0. The smallest absolute Gasteiger partial charge is 0.159 e. The normalized spacial score (nSPS) is 13.8. The van der Waals surface area contributed by atoms with Gasteiger partial charge in [0.25, 0.3) is 0 Å². The van der Waals surface area contributed by atoms with Crippen LogP contribution in [0, 0.1) is 11.3 Å². The summed E-state index contributed by atoms with van der Waals surface area (Å²) < 4.78 is 9.27. The fourth-order valence-corrected chi connectivity index (χ4v) is 7.37. The van der Waals surface area contributed by atoms with E-state index in [0.717, 1.165) is 55.1 Å². The van der Waals surface area contributed by atoms with Gasteiger partial charge in [0, 0.05) is 27.0 Å². The van der Waals surface area contributed by atoms with E-state index >= 15 is 0 Å². The van der Waals surface area contributed by atoms with Crippen molar-refractivity contribution in [3.8, 4) is 11.8 Å². The Bertz CT molecular complexity index is 2460. The average Bonchev–Trinajstić information content (AvgIpc) is 3.61. The Hall–Kier alpha value is -5.79. The van der Waals surface area contributed by atoms with E-state index in [0.29, 0.717) is 5.56 Å². The molecule has 0 fully saturated rings. The van der Waals surface area contributed by atoms with Crippen LogP contribution in [0.1, 0.15) is 30.5 Å². The first-order chi connectivity index (χ1) is 21.6. The molecule has 0 amide bonds. The maximum Gasteiger partial charge on any atom is 0.159 e. The zero-order valence-corrected chi connectivity index (χ0v) is 24.4. The Kier molecular flexibility index (Phi) is 4.99. The number of para-hydroxylation sites is 5.